The topological polar surface area (TPSA) is 73.9 Å². The van der Waals surface area contributed by atoms with Crippen molar-refractivity contribution in [3.05, 3.63) is 52.4 Å². The number of dihydropyridines is 1. The van der Waals surface area contributed by atoms with Crippen LogP contribution in [0.3, 0.4) is 0 Å². The molecule has 2 atom stereocenters. The maximum Gasteiger partial charge on any atom is 0.387 e. The number of alkyl halides is 2. The average Bonchev–Trinajstić information content (AvgIpc) is 2.79. The second-order valence-corrected chi connectivity index (χ2v) is 6.33. The lowest BCUT2D eigenvalue weighted by Gasteiger charge is -2.31. The molecule has 1 aromatic carbocycles. The summed E-state index contributed by atoms with van der Waals surface area (Å²) in [6.07, 6.45) is -1.95. The first kappa shape index (κ1) is 17.9. The van der Waals surface area contributed by atoms with Gasteiger partial charge in [-0.3, -0.25) is 0 Å². The Hall–Kier alpha value is -2.90. The Morgan fingerprint density at radius 2 is 1.60 bits per heavy atom. The lowest BCUT2D eigenvalue weighted by atomic mass is 9.80. The number of rotatable bonds is 9. The van der Waals surface area contributed by atoms with Crippen LogP contribution in [-0.4, -0.2) is 31.8 Å². The van der Waals surface area contributed by atoms with E-state index >= 15 is 0 Å². The minimum Gasteiger partial charge on any atom is -0.462 e. The normalized spacial score (nSPS) is 20.4. The second kappa shape index (κ2) is 10.8. The molecule has 1 aliphatic heterocycles. The Bertz CT molecular complexity index is 909. The van der Waals surface area contributed by atoms with Crippen molar-refractivity contribution in [1.82, 2.24) is 5.32 Å². The fourth-order valence-electron chi connectivity index (χ4n) is 3.19. The van der Waals surface area contributed by atoms with E-state index in [1.807, 2.05) is 0 Å². The third kappa shape index (κ3) is 5.37. The highest BCUT2D eigenvalue weighted by molar-refractivity contribution is 6.00. The van der Waals surface area contributed by atoms with Gasteiger partial charge in [0.05, 0.1) is 30.3 Å². The molecule has 0 fully saturated rings. The number of carbonyl (C=O) groups is 2. The first-order valence-corrected chi connectivity index (χ1v) is 9.10. The maximum atomic E-state index is 13.1. The first-order valence-electron chi connectivity index (χ1n) is 11.7. The Balaban J connectivity index is 2.58. The summed E-state index contributed by atoms with van der Waals surface area (Å²) in [4.78, 5) is 26.1. The molecule has 1 heterocycles. The van der Waals surface area contributed by atoms with E-state index < -0.39 is 37.3 Å². The summed E-state index contributed by atoms with van der Waals surface area (Å²) in [7, 11) is 0. The van der Waals surface area contributed by atoms with E-state index in [0.29, 0.717) is 11.4 Å². The summed E-state index contributed by atoms with van der Waals surface area (Å²) in [5.41, 5.74) is 0.555. The van der Waals surface area contributed by atoms with Gasteiger partial charge in [-0.05, 0) is 32.7 Å². The fraction of sp³-hybridized carbons (Fsp3) is 0.455. The van der Waals surface area contributed by atoms with E-state index in [0.717, 1.165) is 0 Å². The predicted molar refractivity (Wildman–Crippen MR) is 107 cm³/mol. The lowest BCUT2D eigenvalue weighted by molar-refractivity contribution is -0.140. The van der Waals surface area contributed by atoms with Crippen LogP contribution in [0.25, 0.3) is 0 Å². The molecule has 0 saturated heterocycles. The summed E-state index contributed by atoms with van der Waals surface area (Å²) in [5, 5.41) is 2.91. The van der Waals surface area contributed by atoms with Crippen molar-refractivity contribution in [1.29, 1.82) is 0 Å². The maximum absolute atomic E-state index is 13.1. The molecule has 1 aliphatic rings. The SMILES string of the molecule is [3H]CC([3H])COC(=O)C1=C(C)NC(C)=C(C(=O)OCC([3H])C[3H])C1c1ccccc1OC(F)F. The lowest BCUT2D eigenvalue weighted by Crippen LogP contribution is -2.33. The van der Waals surface area contributed by atoms with E-state index in [2.05, 4.69) is 10.1 Å². The summed E-state index contributed by atoms with van der Waals surface area (Å²) in [5.74, 6) is -3.25. The van der Waals surface area contributed by atoms with Crippen molar-refractivity contribution >= 4 is 11.9 Å². The molecule has 0 bridgehead atoms. The van der Waals surface area contributed by atoms with Gasteiger partial charge >= 0.3 is 18.6 Å². The summed E-state index contributed by atoms with van der Waals surface area (Å²) in [6.45, 7) is -1.38. The van der Waals surface area contributed by atoms with Gasteiger partial charge in [-0.1, -0.05) is 32.0 Å². The predicted octanol–water partition coefficient (Wildman–Crippen LogP) is 4.43. The van der Waals surface area contributed by atoms with Crippen molar-refractivity contribution in [3.63, 3.8) is 0 Å². The highest BCUT2D eigenvalue weighted by Gasteiger charge is 2.39. The quantitative estimate of drug-likeness (QED) is 0.583. The third-order valence-electron chi connectivity index (χ3n) is 4.31. The minimum atomic E-state index is -3.16. The molecule has 0 spiro atoms. The molecule has 30 heavy (non-hydrogen) atoms. The molecule has 164 valence electrons. The van der Waals surface area contributed by atoms with Gasteiger partial charge in [-0.15, -0.1) is 0 Å². The van der Waals surface area contributed by atoms with Crippen LogP contribution in [0, 0.1) is 0 Å². The standard InChI is InChI=1S/C22H27F2NO5/c1-5-11-28-20(26)17-13(3)25-14(4)18(21(27)29-12-6-2)19(17)15-9-7-8-10-16(15)30-22(23)24/h7-10,19,22,25H,5-6,11-12H2,1-4H3/i1T,2T,5T,6T. The van der Waals surface area contributed by atoms with Crippen LogP contribution in [-0.2, 0) is 19.1 Å². The summed E-state index contributed by atoms with van der Waals surface area (Å²) in [6, 6.07) is 5.71. The highest BCUT2D eigenvalue weighted by Crippen LogP contribution is 2.43. The Morgan fingerprint density at radius 1 is 1.07 bits per heavy atom. The van der Waals surface area contributed by atoms with Crippen LogP contribution >= 0.6 is 0 Å². The Morgan fingerprint density at radius 3 is 2.10 bits per heavy atom. The molecular formula is C22H27F2NO5. The zero-order valence-corrected chi connectivity index (χ0v) is 16.7. The van der Waals surface area contributed by atoms with E-state index in [1.54, 1.807) is 13.8 Å². The molecular weight excluding hydrogens is 396 g/mol. The molecule has 1 N–H and O–H groups in total. The summed E-state index contributed by atoms with van der Waals surface area (Å²) >= 11 is 0. The van der Waals surface area contributed by atoms with Crippen LogP contribution in [0.1, 0.15) is 57.4 Å². The number of hydrogen-bond donors (Lipinski definition) is 1. The third-order valence-corrected chi connectivity index (χ3v) is 4.31. The number of allylic oxidation sites excluding steroid dienone is 2. The fourth-order valence-corrected chi connectivity index (χ4v) is 3.19. The largest absolute Gasteiger partial charge is 0.462 e. The number of benzene rings is 1. The van der Waals surface area contributed by atoms with Crippen molar-refractivity contribution in [2.45, 2.75) is 53.0 Å². The summed E-state index contributed by atoms with van der Waals surface area (Å²) < 4.78 is 71.0. The number of carbonyl (C=O) groups excluding carboxylic acids is 2. The molecule has 1 aromatic rings. The minimum absolute atomic E-state index is 0.0667. The van der Waals surface area contributed by atoms with Gasteiger partial charge in [0.25, 0.3) is 0 Å². The number of ether oxygens (including phenoxy) is 3. The van der Waals surface area contributed by atoms with E-state index in [1.165, 1.54) is 24.3 Å². The van der Waals surface area contributed by atoms with Crippen LogP contribution in [0.15, 0.2) is 46.8 Å². The van der Waals surface area contributed by atoms with Gasteiger partial charge in [0.1, 0.15) is 5.75 Å². The molecule has 6 nitrogen and oxygen atoms in total. The second-order valence-electron chi connectivity index (χ2n) is 6.33. The molecule has 2 unspecified atom stereocenters. The van der Waals surface area contributed by atoms with Crippen molar-refractivity contribution in [3.8, 4) is 5.75 Å². The molecule has 8 heteroatoms. The number of nitrogens with one attached hydrogen (secondary N) is 1. The number of hydrogen-bond acceptors (Lipinski definition) is 6. The Kier molecular flexibility index (Phi) is 6.42. The van der Waals surface area contributed by atoms with Crippen LogP contribution in [0.5, 0.6) is 5.75 Å². The van der Waals surface area contributed by atoms with Gasteiger partial charge in [-0.25, -0.2) is 9.59 Å². The zero-order chi connectivity index (χ0) is 25.4. The van der Waals surface area contributed by atoms with Crippen molar-refractivity contribution < 1.29 is 38.1 Å². The molecule has 0 radical (unpaired) electrons. The van der Waals surface area contributed by atoms with Gasteiger partial charge in [0.2, 0.25) is 0 Å². The monoisotopic (exact) mass is 431 g/mol. The van der Waals surface area contributed by atoms with Crippen molar-refractivity contribution in [2.24, 2.45) is 0 Å². The smallest absolute Gasteiger partial charge is 0.387 e. The van der Waals surface area contributed by atoms with Gasteiger partial charge in [0, 0.05) is 22.4 Å². The van der Waals surface area contributed by atoms with Gasteiger partial charge < -0.3 is 19.5 Å². The van der Waals surface area contributed by atoms with E-state index in [4.69, 9.17) is 15.0 Å². The van der Waals surface area contributed by atoms with E-state index in [9.17, 15) is 18.4 Å². The number of para-hydroxylation sites is 1. The molecule has 2 rings (SSSR count). The van der Waals surface area contributed by atoms with Gasteiger partial charge in [-0.2, -0.15) is 8.78 Å². The highest BCUT2D eigenvalue weighted by atomic mass is 19.3. The molecule has 0 saturated carbocycles. The molecule has 0 aliphatic carbocycles. The van der Waals surface area contributed by atoms with Crippen LogP contribution in [0.4, 0.5) is 8.78 Å². The molecule has 0 amide bonds. The molecule has 0 aromatic heterocycles. The Labute approximate surface area is 180 Å². The number of esters is 2. The first-order chi connectivity index (χ1) is 16.1. The van der Waals surface area contributed by atoms with Crippen LogP contribution < -0.4 is 10.1 Å². The van der Waals surface area contributed by atoms with Crippen molar-refractivity contribution in [2.75, 3.05) is 13.2 Å². The average molecular weight is 431 g/mol. The van der Waals surface area contributed by atoms with E-state index in [-0.39, 0.29) is 49.5 Å². The zero-order valence-electron chi connectivity index (χ0n) is 20.7. The number of halogens is 2. The van der Waals surface area contributed by atoms with Gasteiger partial charge in [0.15, 0.2) is 0 Å². The van der Waals surface area contributed by atoms with Crippen LogP contribution in [0.2, 0.25) is 0 Å².